The van der Waals surface area contributed by atoms with E-state index in [0.29, 0.717) is 5.75 Å². The van der Waals surface area contributed by atoms with E-state index in [9.17, 15) is 5.11 Å². The van der Waals surface area contributed by atoms with Crippen molar-refractivity contribution in [2.75, 3.05) is 27.7 Å². The first kappa shape index (κ1) is 16.3. The summed E-state index contributed by atoms with van der Waals surface area (Å²) >= 11 is 0. The predicted molar refractivity (Wildman–Crippen MR) is 83.4 cm³/mol. The average molecular weight is 295 g/mol. The van der Waals surface area contributed by atoms with Gasteiger partial charge < -0.3 is 14.7 Å². The molecular weight excluding hydrogens is 266 g/mol. The lowest BCUT2D eigenvalue weighted by atomic mass is 9.86. The molecule has 0 aliphatic heterocycles. The van der Waals surface area contributed by atoms with E-state index < -0.39 is 5.60 Å². The molecule has 0 radical (unpaired) electrons. The minimum Gasteiger partial charge on any atom is -0.493 e. The van der Waals surface area contributed by atoms with Crippen LogP contribution in [0, 0.1) is 11.3 Å². The summed E-state index contributed by atoms with van der Waals surface area (Å²) in [7, 11) is 5.72. The summed E-state index contributed by atoms with van der Waals surface area (Å²) in [4.78, 5) is 2.12. The first-order valence-corrected chi connectivity index (χ1v) is 7.67. The minimum absolute atomic E-state index is 0.135. The highest BCUT2D eigenvalue weighted by atomic mass is 16.5. The molecular formula is C16H29N3O2. The van der Waals surface area contributed by atoms with Crippen molar-refractivity contribution in [1.29, 1.82) is 0 Å². The Kier molecular flexibility index (Phi) is 4.36. The molecule has 120 valence electrons. The first-order chi connectivity index (χ1) is 9.69. The van der Waals surface area contributed by atoms with Crippen LogP contribution in [0.4, 0.5) is 0 Å². The second kappa shape index (κ2) is 5.61. The lowest BCUT2D eigenvalue weighted by Gasteiger charge is -2.30. The minimum atomic E-state index is -0.863. The Labute approximate surface area is 127 Å². The number of nitrogens with zero attached hydrogens (tertiary/aromatic N) is 3. The fraction of sp³-hybridized carbons (Fsp3) is 0.812. The summed E-state index contributed by atoms with van der Waals surface area (Å²) in [6.07, 6.45) is 3.47. The van der Waals surface area contributed by atoms with Gasteiger partial charge in [0.05, 0.1) is 19.9 Å². The molecule has 1 fully saturated rings. The number of methoxy groups -OCH3 is 1. The van der Waals surface area contributed by atoms with Gasteiger partial charge in [-0.1, -0.05) is 20.8 Å². The van der Waals surface area contributed by atoms with E-state index in [2.05, 4.69) is 30.8 Å². The molecule has 21 heavy (non-hydrogen) atoms. The van der Waals surface area contributed by atoms with Crippen LogP contribution in [0.15, 0.2) is 6.20 Å². The van der Waals surface area contributed by atoms with Crippen LogP contribution in [0.25, 0.3) is 0 Å². The number of hydrogen-bond acceptors (Lipinski definition) is 4. The Morgan fingerprint density at radius 3 is 2.62 bits per heavy atom. The highest BCUT2D eigenvalue weighted by molar-refractivity contribution is 5.33. The normalized spacial score (nSPS) is 28.3. The zero-order valence-electron chi connectivity index (χ0n) is 14.2. The van der Waals surface area contributed by atoms with Crippen LogP contribution in [-0.2, 0) is 12.1 Å². The molecule has 2 rings (SSSR count). The standard InChI is InChI=1S/C16H29N3O2/c1-12-9-15(2,3)11-16(12,20)14-13(21-6)10-17-19(14)8-7-18(4)5/h10,12,20H,7-9,11H2,1-6H3. The molecule has 2 atom stereocenters. The van der Waals surface area contributed by atoms with Crippen LogP contribution in [0.1, 0.15) is 39.3 Å². The van der Waals surface area contributed by atoms with E-state index in [4.69, 9.17) is 4.74 Å². The molecule has 0 aromatic carbocycles. The molecule has 1 aromatic heterocycles. The Balaban J connectivity index is 2.39. The fourth-order valence-electron chi connectivity index (χ4n) is 3.71. The fourth-order valence-corrected chi connectivity index (χ4v) is 3.71. The summed E-state index contributed by atoms with van der Waals surface area (Å²) in [5, 5.41) is 15.8. The molecule has 1 aliphatic rings. The molecule has 1 N–H and O–H groups in total. The Morgan fingerprint density at radius 2 is 2.14 bits per heavy atom. The van der Waals surface area contributed by atoms with Crippen molar-refractivity contribution >= 4 is 0 Å². The van der Waals surface area contributed by atoms with Gasteiger partial charge in [0.15, 0.2) is 5.75 Å². The summed E-state index contributed by atoms with van der Waals surface area (Å²) in [5.41, 5.74) is 0.109. The van der Waals surface area contributed by atoms with Crippen LogP contribution in [0.2, 0.25) is 0 Å². The number of likely N-dealkylation sites (N-methyl/N-ethyl adjacent to an activating group) is 1. The lowest BCUT2D eigenvalue weighted by Crippen LogP contribution is -2.34. The molecule has 1 aromatic rings. The van der Waals surface area contributed by atoms with Crippen LogP contribution in [-0.4, -0.2) is 47.5 Å². The van der Waals surface area contributed by atoms with Gasteiger partial charge in [-0.05, 0) is 38.3 Å². The lowest BCUT2D eigenvalue weighted by molar-refractivity contribution is -0.0115. The van der Waals surface area contributed by atoms with E-state index in [0.717, 1.165) is 31.6 Å². The van der Waals surface area contributed by atoms with E-state index in [1.165, 1.54) is 0 Å². The predicted octanol–water partition coefficient (Wildman–Crippen LogP) is 2.10. The molecule has 5 nitrogen and oxygen atoms in total. The van der Waals surface area contributed by atoms with Crippen molar-refractivity contribution in [2.45, 2.75) is 45.8 Å². The molecule has 0 spiro atoms. The summed E-state index contributed by atoms with van der Waals surface area (Å²) in [6, 6.07) is 0. The number of hydrogen-bond donors (Lipinski definition) is 1. The molecule has 0 bridgehead atoms. The third-order valence-corrected chi connectivity index (χ3v) is 4.62. The van der Waals surface area contributed by atoms with Crippen molar-refractivity contribution in [1.82, 2.24) is 14.7 Å². The van der Waals surface area contributed by atoms with Gasteiger partial charge in [-0.2, -0.15) is 5.10 Å². The maximum absolute atomic E-state index is 11.4. The van der Waals surface area contributed by atoms with Gasteiger partial charge in [-0.3, -0.25) is 4.68 Å². The summed E-state index contributed by atoms with van der Waals surface area (Å²) in [5.74, 6) is 0.886. The molecule has 5 heteroatoms. The number of ether oxygens (including phenoxy) is 1. The molecule has 1 aliphatic carbocycles. The second-order valence-electron chi connectivity index (χ2n) is 7.46. The van der Waals surface area contributed by atoms with Gasteiger partial charge in [-0.15, -0.1) is 0 Å². The number of aromatic nitrogens is 2. The van der Waals surface area contributed by atoms with Crippen LogP contribution in [0.5, 0.6) is 5.75 Å². The zero-order valence-corrected chi connectivity index (χ0v) is 14.2. The van der Waals surface area contributed by atoms with Gasteiger partial charge in [-0.25, -0.2) is 0 Å². The average Bonchev–Trinajstić information content (AvgIpc) is 2.86. The smallest absolute Gasteiger partial charge is 0.162 e. The highest BCUT2D eigenvalue weighted by Crippen LogP contribution is 2.54. The van der Waals surface area contributed by atoms with Gasteiger partial charge in [0.25, 0.3) is 0 Å². The molecule has 0 saturated heterocycles. The van der Waals surface area contributed by atoms with Crippen molar-refractivity contribution in [3.05, 3.63) is 11.9 Å². The van der Waals surface area contributed by atoms with Gasteiger partial charge in [0.2, 0.25) is 0 Å². The largest absolute Gasteiger partial charge is 0.493 e. The van der Waals surface area contributed by atoms with E-state index in [1.807, 2.05) is 18.8 Å². The van der Waals surface area contributed by atoms with Crippen LogP contribution < -0.4 is 4.74 Å². The Bertz CT molecular complexity index is 496. The third kappa shape index (κ3) is 3.09. The van der Waals surface area contributed by atoms with Crippen molar-refractivity contribution in [3.8, 4) is 5.75 Å². The van der Waals surface area contributed by atoms with E-state index >= 15 is 0 Å². The molecule has 1 heterocycles. The third-order valence-electron chi connectivity index (χ3n) is 4.62. The first-order valence-electron chi connectivity index (χ1n) is 7.67. The maximum atomic E-state index is 11.4. The van der Waals surface area contributed by atoms with Gasteiger partial charge in [0, 0.05) is 6.54 Å². The van der Waals surface area contributed by atoms with Crippen molar-refractivity contribution in [2.24, 2.45) is 11.3 Å². The van der Waals surface area contributed by atoms with E-state index in [1.54, 1.807) is 13.3 Å². The maximum Gasteiger partial charge on any atom is 0.162 e. The van der Waals surface area contributed by atoms with E-state index in [-0.39, 0.29) is 11.3 Å². The summed E-state index contributed by atoms with van der Waals surface area (Å²) in [6.45, 7) is 8.19. The van der Waals surface area contributed by atoms with Crippen molar-refractivity contribution in [3.63, 3.8) is 0 Å². The second-order valence-corrected chi connectivity index (χ2v) is 7.46. The topological polar surface area (TPSA) is 50.5 Å². The number of rotatable bonds is 5. The quantitative estimate of drug-likeness (QED) is 0.904. The molecule has 0 amide bonds. The zero-order chi connectivity index (χ0) is 15.8. The Hall–Kier alpha value is -1.07. The summed E-state index contributed by atoms with van der Waals surface area (Å²) < 4.78 is 7.38. The molecule has 1 saturated carbocycles. The highest BCUT2D eigenvalue weighted by Gasteiger charge is 2.51. The van der Waals surface area contributed by atoms with Crippen LogP contribution >= 0.6 is 0 Å². The van der Waals surface area contributed by atoms with Gasteiger partial charge >= 0.3 is 0 Å². The van der Waals surface area contributed by atoms with Crippen molar-refractivity contribution < 1.29 is 9.84 Å². The SMILES string of the molecule is COc1cnn(CCN(C)C)c1C1(O)CC(C)(C)CC1C. The van der Waals surface area contributed by atoms with Crippen LogP contribution in [0.3, 0.4) is 0 Å². The molecule has 2 unspecified atom stereocenters. The van der Waals surface area contributed by atoms with Gasteiger partial charge in [0.1, 0.15) is 11.3 Å². The number of aliphatic hydroxyl groups is 1. The Morgan fingerprint density at radius 1 is 1.48 bits per heavy atom. The monoisotopic (exact) mass is 295 g/mol.